The third kappa shape index (κ3) is 5.54. The van der Waals surface area contributed by atoms with Crippen LogP contribution in [0.4, 0.5) is 4.79 Å². The van der Waals surface area contributed by atoms with Crippen LogP contribution in [0.3, 0.4) is 0 Å². The lowest BCUT2D eigenvalue weighted by Gasteiger charge is -2.28. The molecular weight excluding hydrogens is 290 g/mol. The van der Waals surface area contributed by atoms with Crippen molar-refractivity contribution in [2.45, 2.75) is 70.6 Å². The van der Waals surface area contributed by atoms with Gasteiger partial charge in [-0.3, -0.25) is 0 Å². The van der Waals surface area contributed by atoms with Crippen LogP contribution in [0.15, 0.2) is 30.3 Å². The zero-order valence-corrected chi connectivity index (χ0v) is 14.5. The minimum absolute atomic E-state index is 0.205. The SMILES string of the molecule is CC(C)(C)OC(=O)N1CCC[C@@H]1CCCC(O)c1ccccc1. The van der Waals surface area contributed by atoms with E-state index in [4.69, 9.17) is 4.74 Å². The maximum Gasteiger partial charge on any atom is 0.410 e. The zero-order chi connectivity index (χ0) is 16.9. The van der Waals surface area contributed by atoms with E-state index in [0.717, 1.165) is 44.2 Å². The Kier molecular flexibility index (Phi) is 6.05. The molecule has 1 heterocycles. The Morgan fingerprint density at radius 2 is 2.04 bits per heavy atom. The van der Waals surface area contributed by atoms with Gasteiger partial charge in [0.15, 0.2) is 0 Å². The summed E-state index contributed by atoms with van der Waals surface area (Å²) in [5.74, 6) is 0. The van der Waals surface area contributed by atoms with E-state index >= 15 is 0 Å². The van der Waals surface area contributed by atoms with Gasteiger partial charge in [-0.15, -0.1) is 0 Å². The molecule has 1 amide bonds. The summed E-state index contributed by atoms with van der Waals surface area (Å²) >= 11 is 0. The molecule has 0 aliphatic carbocycles. The Hall–Kier alpha value is -1.55. The van der Waals surface area contributed by atoms with Gasteiger partial charge in [0, 0.05) is 12.6 Å². The first kappa shape index (κ1) is 17.8. The fraction of sp³-hybridized carbons (Fsp3) is 0.632. The van der Waals surface area contributed by atoms with Crippen LogP contribution in [0.1, 0.15) is 64.5 Å². The Bertz CT molecular complexity index is 495. The van der Waals surface area contributed by atoms with Crippen molar-refractivity contribution in [3.05, 3.63) is 35.9 Å². The molecule has 1 aromatic carbocycles. The molecule has 1 aliphatic rings. The average Bonchev–Trinajstić information content (AvgIpc) is 2.95. The number of aliphatic hydroxyl groups is 1. The average molecular weight is 319 g/mol. The third-order valence-electron chi connectivity index (χ3n) is 4.20. The van der Waals surface area contributed by atoms with Gasteiger partial charge < -0.3 is 14.7 Å². The monoisotopic (exact) mass is 319 g/mol. The van der Waals surface area contributed by atoms with Crippen LogP contribution < -0.4 is 0 Å². The maximum atomic E-state index is 12.2. The maximum absolute atomic E-state index is 12.2. The minimum Gasteiger partial charge on any atom is -0.444 e. The first-order chi connectivity index (χ1) is 10.9. The Labute approximate surface area is 139 Å². The van der Waals surface area contributed by atoms with Gasteiger partial charge in [-0.2, -0.15) is 0 Å². The van der Waals surface area contributed by atoms with E-state index < -0.39 is 11.7 Å². The first-order valence-corrected chi connectivity index (χ1v) is 8.59. The summed E-state index contributed by atoms with van der Waals surface area (Å²) in [7, 11) is 0. The molecule has 0 radical (unpaired) electrons. The standard InChI is InChI=1S/C19H29NO3/c1-19(2,3)23-18(22)20-14-8-12-16(20)11-7-13-17(21)15-9-5-4-6-10-15/h4-6,9-10,16-17,21H,7-8,11-14H2,1-3H3/t16-,17?/m0/s1. The van der Waals surface area contributed by atoms with Crippen molar-refractivity contribution in [1.82, 2.24) is 4.90 Å². The van der Waals surface area contributed by atoms with Crippen molar-refractivity contribution in [2.75, 3.05) is 6.54 Å². The lowest BCUT2D eigenvalue weighted by Crippen LogP contribution is -2.39. The summed E-state index contributed by atoms with van der Waals surface area (Å²) in [5, 5.41) is 10.2. The van der Waals surface area contributed by atoms with Gasteiger partial charge >= 0.3 is 6.09 Å². The van der Waals surface area contributed by atoms with Crippen molar-refractivity contribution < 1.29 is 14.6 Å². The predicted molar refractivity (Wildman–Crippen MR) is 91.2 cm³/mol. The molecule has 1 saturated heterocycles. The molecule has 0 aromatic heterocycles. The van der Waals surface area contributed by atoms with E-state index in [1.54, 1.807) is 0 Å². The quantitative estimate of drug-likeness (QED) is 0.881. The fourth-order valence-electron chi connectivity index (χ4n) is 3.09. The molecule has 0 spiro atoms. The number of carbonyl (C=O) groups is 1. The highest BCUT2D eigenvalue weighted by Crippen LogP contribution is 2.26. The van der Waals surface area contributed by atoms with Crippen molar-refractivity contribution in [2.24, 2.45) is 0 Å². The summed E-state index contributed by atoms with van der Waals surface area (Å²) in [6, 6.07) is 9.99. The number of aliphatic hydroxyl groups excluding tert-OH is 1. The lowest BCUT2D eigenvalue weighted by molar-refractivity contribution is 0.0216. The number of amides is 1. The molecule has 2 atom stereocenters. The largest absolute Gasteiger partial charge is 0.444 e. The van der Waals surface area contributed by atoms with Gasteiger partial charge in [0.25, 0.3) is 0 Å². The van der Waals surface area contributed by atoms with E-state index in [1.165, 1.54) is 0 Å². The van der Waals surface area contributed by atoms with E-state index in [2.05, 4.69) is 0 Å². The van der Waals surface area contributed by atoms with Gasteiger partial charge in [-0.25, -0.2) is 4.79 Å². The van der Waals surface area contributed by atoms with Crippen molar-refractivity contribution in [1.29, 1.82) is 0 Å². The van der Waals surface area contributed by atoms with E-state index in [0.29, 0.717) is 0 Å². The molecular formula is C19H29NO3. The van der Waals surface area contributed by atoms with Crippen LogP contribution in [-0.2, 0) is 4.74 Å². The summed E-state index contributed by atoms with van der Waals surface area (Å²) < 4.78 is 5.49. The number of rotatable bonds is 5. The zero-order valence-electron chi connectivity index (χ0n) is 14.5. The predicted octanol–water partition coefficient (Wildman–Crippen LogP) is 4.29. The molecule has 0 saturated carbocycles. The highest BCUT2D eigenvalue weighted by atomic mass is 16.6. The van der Waals surface area contributed by atoms with Gasteiger partial charge in [-0.1, -0.05) is 30.3 Å². The van der Waals surface area contributed by atoms with Crippen molar-refractivity contribution >= 4 is 6.09 Å². The molecule has 1 N–H and O–H groups in total. The van der Waals surface area contributed by atoms with Crippen LogP contribution in [0, 0.1) is 0 Å². The molecule has 128 valence electrons. The molecule has 4 heteroatoms. The van der Waals surface area contributed by atoms with Gasteiger partial charge in [0.05, 0.1) is 6.10 Å². The third-order valence-corrected chi connectivity index (χ3v) is 4.20. The minimum atomic E-state index is -0.451. The van der Waals surface area contributed by atoms with Crippen LogP contribution >= 0.6 is 0 Å². The molecule has 1 aliphatic heterocycles. The molecule has 23 heavy (non-hydrogen) atoms. The summed E-state index contributed by atoms with van der Waals surface area (Å²) in [6.07, 6.45) is 3.98. The normalized spacial score (nSPS) is 19.7. The number of nitrogens with zero attached hydrogens (tertiary/aromatic N) is 1. The first-order valence-electron chi connectivity index (χ1n) is 8.59. The van der Waals surface area contributed by atoms with Gasteiger partial charge in [0.1, 0.15) is 5.60 Å². The Morgan fingerprint density at radius 3 is 2.70 bits per heavy atom. The second kappa shape index (κ2) is 7.82. The van der Waals surface area contributed by atoms with Gasteiger partial charge in [0.2, 0.25) is 0 Å². The number of benzene rings is 1. The molecule has 1 unspecified atom stereocenters. The van der Waals surface area contributed by atoms with E-state index in [1.807, 2.05) is 56.0 Å². The topological polar surface area (TPSA) is 49.8 Å². The second-order valence-electron chi connectivity index (χ2n) is 7.33. The number of hydrogen-bond donors (Lipinski definition) is 1. The molecule has 1 fully saturated rings. The summed E-state index contributed by atoms with van der Waals surface area (Å²) in [4.78, 5) is 14.1. The highest BCUT2D eigenvalue weighted by Gasteiger charge is 2.31. The summed E-state index contributed by atoms with van der Waals surface area (Å²) in [5.41, 5.74) is 0.510. The summed E-state index contributed by atoms with van der Waals surface area (Å²) in [6.45, 7) is 6.46. The molecule has 4 nitrogen and oxygen atoms in total. The number of likely N-dealkylation sites (tertiary alicyclic amines) is 1. The van der Waals surface area contributed by atoms with Crippen LogP contribution in [-0.4, -0.2) is 34.3 Å². The smallest absolute Gasteiger partial charge is 0.410 e. The molecule has 1 aromatic rings. The number of ether oxygens (including phenoxy) is 1. The van der Waals surface area contributed by atoms with Crippen LogP contribution in [0.2, 0.25) is 0 Å². The van der Waals surface area contributed by atoms with Gasteiger partial charge in [-0.05, 0) is 58.4 Å². The number of hydrogen-bond acceptors (Lipinski definition) is 3. The van der Waals surface area contributed by atoms with Crippen LogP contribution in [0.5, 0.6) is 0 Å². The van der Waals surface area contributed by atoms with Crippen LogP contribution in [0.25, 0.3) is 0 Å². The van der Waals surface area contributed by atoms with E-state index in [-0.39, 0.29) is 12.1 Å². The number of carbonyl (C=O) groups excluding carboxylic acids is 1. The van der Waals surface area contributed by atoms with Crippen molar-refractivity contribution in [3.8, 4) is 0 Å². The highest BCUT2D eigenvalue weighted by molar-refractivity contribution is 5.68. The van der Waals surface area contributed by atoms with Crippen molar-refractivity contribution in [3.63, 3.8) is 0 Å². The molecule has 2 rings (SSSR count). The van der Waals surface area contributed by atoms with E-state index in [9.17, 15) is 9.90 Å². The fourth-order valence-corrected chi connectivity index (χ4v) is 3.09. The lowest BCUT2D eigenvalue weighted by atomic mass is 10.0. The Morgan fingerprint density at radius 1 is 1.35 bits per heavy atom. The Balaban J connectivity index is 1.79. The second-order valence-corrected chi connectivity index (χ2v) is 7.33. The molecule has 0 bridgehead atoms.